The molecule has 0 aliphatic heterocycles. The Balaban J connectivity index is 2.45. The third kappa shape index (κ3) is 3.90. The number of rotatable bonds is 6. The maximum absolute atomic E-state index is 12.3. The smallest absolute Gasteiger partial charge is 0.341 e. The van der Waals surface area contributed by atoms with Crippen molar-refractivity contribution in [3.05, 3.63) is 35.2 Å². The first-order chi connectivity index (χ1) is 11.1. The van der Waals surface area contributed by atoms with Crippen LogP contribution in [0, 0.1) is 0 Å². The molecule has 1 aromatic heterocycles. The molecular weight excluding hydrogens is 314 g/mol. The van der Waals surface area contributed by atoms with Gasteiger partial charge in [0.1, 0.15) is 16.3 Å². The third-order valence-electron chi connectivity index (χ3n) is 3.25. The van der Waals surface area contributed by atoms with Crippen molar-refractivity contribution < 1.29 is 19.1 Å². The summed E-state index contributed by atoms with van der Waals surface area (Å²) in [6, 6.07) is 7.39. The molecule has 0 saturated carbocycles. The second kappa shape index (κ2) is 7.78. The predicted molar refractivity (Wildman–Crippen MR) is 91.2 cm³/mol. The number of benzene rings is 1. The van der Waals surface area contributed by atoms with E-state index in [1.807, 2.05) is 29.6 Å². The molecule has 0 unspecified atom stereocenters. The van der Waals surface area contributed by atoms with E-state index < -0.39 is 5.97 Å². The molecule has 0 radical (unpaired) electrons. The average Bonchev–Trinajstić information content (AvgIpc) is 2.98. The third-order valence-corrected chi connectivity index (χ3v) is 4.14. The topological polar surface area (TPSA) is 64.6 Å². The van der Waals surface area contributed by atoms with Crippen molar-refractivity contribution in [2.24, 2.45) is 0 Å². The minimum absolute atomic E-state index is 0.140. The van der Waals surface area contributed by atoms with Crippen molar-refractivity contribution in [1.82, 2.24) is 0 Å². The van der Waals surface area contributed by atoms with Crippen LogP contribution in [0.5, 0.6) is 5.75 Å². The molecule has 0 spiro atoms. The van der Waals surface area contributed by atoms with Crippen LogP contribution >= 0.6 is 11.3 Å². The van der Waals surface area contributed by atoms with E-state index in [2.05, 4.69) is 5.32 Å². The molecule has 0 aliphatic carbocycles. The molecular formula is C17H19NO4S. The Morgan fingerprint density at radius 1 is 1.17 bits per heavy atom. The van der Waals surface area contributed by atoms with Gasteiger partial charge in [-0.15, -0.1) is 11.3 Å². The second-order valence-electron chi connectivity index (χ2n) is 4.70. The first-order valence-corrected chi connectivity index (χ1v) is 8.21. The Kier molecular flexibility index (Phi) is 5.76. The number of ether oxygens (including phenoxy) is 2. The van der Waals surface area contributed by atoms with Gasteiger partial charge in [-0.2, -0.15) is 0 Å². The van der Waals surface area contributed by atoms with Crippen molar-refractivity contribution in [2.45, 2.75) is 20.3 Å². The average molecular weight is 333 g/mol. The van der Waals surface area contributed by atoms with Gasteiger partial charge in [-0.25, -0.2) is 4.79 Å². The highest BCUT2D eigenvalue weighted by molar-refractivity contribution is 7.15. The summed E-state index contributed by atoms with van der Waals surface area (Å²) in [5, 5.41) is 5.13. The number of esters is 1. The molecule has 2 aromatic rings. The summed E-state index contributed by atoms with van der Waals surface area (Å²) in [6.07, 6.45) is 0.345. The Labute approximate surface area is 139 Å². The zero-order valence-corrected chi connectivity index (χ0v) is 14.2. The zero-order valence-electron chi connectivity index (χ0n) is 13.3. The standard InChI is InChI=1S/C17H19NO4S/c1-4-14(19)18-16-15(17(20)22-5-2)13(10-23-16)11-6-8-12(21-3)9-7-11/h6-10H,4-5H2,1-3H3,(H,18,19). The van der Waals surface area contributed by atoms with E-state index in [-0.39, 0.29) is 12.5 Å². The fraction of sp³-hybridized carbons (Fsp3) is 0.294. The number of nitrogens with one attached hydrogen (secondary N) is 1. The Hall–Kier alpha value is -2.34. The van der Waals surface area contributed by atoms with E-state index in [1.54, 1.807) is 21.0 Å². The highest BCUT2D eigenvalue weighted by Crippen LogP contribution is 2.36. The van der Waals surface area contributed by atoms with Gasteiger partial charge in [0.25, 0.3) is 0 Å². The van der Waals surface area contributed by atoms with Crippen LogP contribution in [0.3, 0.4) is 0 Å². The number of methoxy groups -OCH3 is 1. The summed E-state index contributed by atoms with van der Waals surface area (Å²) in [4.78, 5) is 24.0. The molecule has 2 rings (SSSR count). The number of carbonyl (C=O) groups excluding carboxylic acids is 2. The summed E-state index contributed by atoms with van der Waals surface area (Å²) in [6.45, 7) is 3.79. The Bertz CT molecular complexity index is 691. The van der Waals surface area contributed by atoms with Crippen molar-refractivity contribution in [1.29, 1.82) is 0 Å². The van der Waals surface area contributed by atoms with Crippen LogP contribution in [-0.2, 0) is 9.53 Å². The van der Waals surface area contributed by atoms with Crippen LogP contribution in [-0.4, -0.2) is 25.6 Å². The summed E-state index contributed by atoms with van der Waals surface area (Å²) in [7, 11) is 1.60. The van der Waals surface area contributed by atoms with E-state index in [0.29, 0.717) is 17.0 Å². The van der Waals surface area contributed by atoms with Gasteiger partial charge in [-0.1, -0.05) is 19.1 Å². The molecule has 23 heavy (non-hydrogen) atoms. The van der Waals surface area contributed by atoms with Gasteiger partial charge >= 0.3 is 5.97 Å². The Morgan fingerprint density at radius 2 is 1.87 bits per heavy atom. The number of hydrogen-bond donors (Lipinski definition) is 1. The van der Waals surface area contributed by atoms with E-state index in [9.17, 15) is 9.59 Å². The lowest BCUT2D eigenvalue weighted by atomic mass is 10.0. The first-order valence-electron chi connectivity index (χ1n) is 7.33. The molecule has 1 heterocycles. The lowest BCUT2D eigenvalue weighted by Crippen LogP contribution is -2.13. The zero-order chi connectivity index (χ0) is 16.8. The van der Waals surface area contributed by atoms with Crippen LogP contribution < -0.4 is 10.1 Å². The number of carbonyl (C=O) groups is 2. The lowest BCUT2D eigenvalue weighted by Gasteiger charge is -2.08. The molecule has 122 valence electrons. The maximum Gasteiger partial charge on any atom is 0.341 e. The van der Waals surface area contributed by atoms with Gasteiger partial charge in [0, 0.05) is 17.4 Å². The molecule has 6 heteroatoms. The van der Waals surface area contributed by atoms with Gasteiger partial charge in [0.2, 0.25) is 5.91 Å². The van der Waals surface area contributed by atoms with Gasteiger partial charge in [-0.3, -0.25) is 4.79 Å². The summed E-state index contributed by atoms with van der Waals surface area (Å²) >= 11 is 1.31. The van der Waals surface area contributed by atoms with Crippen LogP contribution in [0.2, 0.25) is 0 Å². The van der Waals surface area contributed by atoms with E-state index in [4.69, 9.17) is 9.47 Å². The summed E-state index contributed by atoms with van der Waals surface area (Å²) in [5.74, 6) is 0.158. The highest BCUT2D eigenvalue weighted by atomic mass is 32.1. The SMILES string of the molecule is CCOC(=O)c1c(-c2ccc(OC)cc2)csc1NC(=O)CC. The quantitative estimate of drug-likeness (QED) is 0.813. The fourth-order valence-electron chi connectivity index (χ4n) is 2.05. The molecule has 0 saturated heterocycles. The highest BCUT2D eigenvalue weighted by Gasteiger charge is 2.22. The Morgan fingerprint density at radius 3 is 2.43 bits per heavy atom. The second-order valence-corrected chi connectivity index (χ2v) is 5.58. The van der Waals surface area contributed by atoms with E-state index in [0.717, 1.165) is 16.9 Å². The van der Waals surface area contributed by atoms with Crippen LogP contribution in [0.25, 0.3) is 11.1 Å². The van der Waals surface area contributed by atoms with Gasteiger partial charge in [-0.05, 0) is 24.6 Å². The number of thiophene rings is 1. The minimum Gasteiger partial charge on any atom is -0.497 e. The minimum atomic E-state index is -0.439. The molecule has 5 nitrogen and oxygen atoms in total. The number of hydrogen-bond acceptors (Lipinski definition) is 5. The van der Waals surface area contributed by atoms with Gasteiger partial charge < -0.3 is 14.8 Å². The molecule has 1 aromatic carbocycles. The van der Waals surface area contributed by atoms with Crippen LogP contribution in [0.4, 0.5) is 5.00 Å². The molecule has 1 N–H and O–H groups in total. The van der Waals surface area contributed by atoms with Gasteiger partial charge in [0.05, 0.1) is 13.7 Å². The van der Waals surface area contributed by atoms with E-state index in [1.165, 1.54) is 11.3 Å². The normalized spacial score (nSPS) is 10.2. The summed E-state index contributed by atoms with van der Waals surface area (Å²) in [5.41, 5.74) is 1.99. The number of anilines is 1. The molecule has 0 atom stereocenters. The van der Waals surface area contributed by atoms with Crippen molar-refractivity contribution in [3.63, 3.8) is 0 Å². The number of amides is 1. The molecule has 0 fully saturated rings. The first kappa shape index (κ1) is 17.0. The monoisotopic (exact) mass is 333 g/mol. The van der Waals surface area contributed by atoms with Crippen molar-refractivity contribution >= 4 is 28.2 Å². The largest absolute Gasteiger partial charge is 0.497 e. The van der Waals surface area contributed by atoms with Gasteiger partial charge in [0.15, 0.2) is 0 Å². The molecule has 0 bridgehead atoms. The summed E-state index contributed by atoms with van der Waals surface area (Å²) < 4.78 is 10.3. The lowest BCUT2D eigenvalue weighted by molar-refractivity contribution is -0.115. The maximum atomic E-state index is 12.3. The predicted octanol–water partition coefficient (Wildman–Crippen LogP) is 3.95. The molecule has 1 amide bonds. The van der Waals surface area contributed by atoms with Crippen molar-refractivity contribution in [3.8, 4) is 16.9 Å². The van der Waals surface area contributed by atoms with Crippen molar-refractivity contribution in [2.75, 3.05) is 19.0 Å². The van der Waals surface area contributed by atoms with Crippen LogP contribution in [0.1, 0.15) is 30.6 Å². The fourth-order valence-corrected chi connectivity index (χ4v) is 3.03. The van der Waals surface area contributed by atoms with Crippen LogP contribution in [0.15, 0.2) is 29.6 Å². The van der Waals surface area contributed by atoms with E-state index >= 15 is 0 Å². The molecule has 0 aliphatic rings.